The molecule has 3 nitrogen and oxygen atoms in total. The van der Waals surface area contributed by atoms with E-state index in [2.05, 4.69) is 10.3 Å². The summed E-state index contributed by atoms with van der Waals surface area (Å²) in [6, 6.07) is 21.8. The second-order valence-corrected chi connectivity index (χ2v) is 6.36. The Kier molecular flexibility index (Phi) is 5.48. The number of nitrogens with one attached hydrogen (secondary N) is 2. The van der Waals surface area contributed by atoms with Crippen LogP contribution in [0.15, 0.2) is 77.7 Å². The molecule has 5 heteroatoms. The molecule has 0 unspecified atom stereocenters. The van der Waals surface area contributed by atoms with Gasteiger partial charge in [0.25, 0.3) is 5.91 Å². The summed E-state index contributed by atoms with van der Waals surface area (Å²) in [6.07, 6.45) is 0. The number of carbonyl (C=O) groups excluding carboxylic acids is 1. The fraction of sp³-hybridized carbons (Fsp3) is 0.0500. The van der Waals surface area contributed by atoms with E-state index in [1.165, 1.54) is 18.0 Å². The second-order valence-electron chi connectivity index (χ2n) is 5.48. The van der Waals surface area contributed by atoms with Gasteiger partial charge in [0.1, 0.15) is 5.82 Å². The summed E-state index contributed by atoms with van der Waals surface area (Å²) in [5.41, 5.74) is 4.80. The van der Waals surface area contributed by atoms with Crippen molar-refractivity contribution in [3.05, 3.63) is 89.7 Å². The van der Waals surface area contributed by atoms with Gasteiger partial charge >= 0.3 is 0 Å². The average Bonchev–Trinajstić information content (AvgIpc) is 2.63. The maximum atomic E-state index is 14.3. The SMILES string of the molecule is Cc1cc(F)c(-c2ccccc2)cc1C(=O)NNSc1ccccc1. The van der Waals surface area contributed by atoms with Crippen LogP contribution in [-0.2, 0) is 0 Å². The molecule has 0 aliphatic carbocycles. The summed E-state index contributed by atoms with van der Waals surface area (Å²) in [7, 11) is 0. The van der Waals surface area contributed by atoms with Gasteiger partial charge in [-0.15, -0.1) is 0 Å². The zero-order valence-corrected chi connectivity index (χ0v) is 14.4. The zero-order valence-electron chi connectivity index (χ0n) is 13.6. The molecule has 0 aromatic heterocycles. The molecule has 0 fully saturated rings. The molecule has 0 spiro atoms. The number of hydrogen-bond acceptors (Lipinski definition) is 3. The van der Waals surface area contributed by atoms with Crippen molar-refractivity contribution in [1.82, 2.24) is 10.3 Å². The van der Waals surface area contributed by atoms with Crippen LogP contribution in [0.4, 0.5) is 4.39 Å². The average molecular weight is 352 g/mol. The van der Waals surface area contributed by atoms with Crippen molar-refractivity contribution in [2.75, 3.05) is 0 Å². The number of benzene rings is 3. The first-order chi connectivity index (χ1) is 12.1. The Morgan fingerprint density at radius 1 is 0.960 bits per heavy atom. The summed E-state index contributed by atoms with van der Waals surface area (Å²) in [4.78, 5) is 16.2. The molecule has 0 aliphatic heterocycles. The molecular formula is C20H17FN2OS. The van der Waals surface area contributed by atoms with Crippen molar-refractivity contribution in [3.63, 3.8) is 0 Å². The summed E-state index contributed by atoms with van der Waals surface area (Å²) in [6.45, 7) is 1.72. The van der Waals surface area contributed by atoms with Gasteiger partial charge in [-0.05, 0) is 54.3 Å². The summed E-state index contributed by atoms with van der Waals surface area (Å²) in [5.74, 6) is -0.648. The highest BCUT2D eigenvalue weighted by Crippen LogP contribution is 2.26. The molecule has 3 aromatic rings. The smallest absolute Gasteiger partial charge is 0.266 e. The minimum Gasteiger partial charge on any atom is -0.277 e. The maximum absolute atomic E-state index is 14.3. The van der Waals surface area contributed by atoms with Crippen LogP contribution in [0.2, 0.25) is 0 Å². The molecule has 25 heavy (non-hydrogen) atoms. The zero-order chi connectivity index (χ0) is 17.6. The minimum absolute atomic E-state index is 0.307. The molecule has 0 saturated heterocycles. The molecule has 3 rings (SSSR count). The van der Waals surface area contributed by atoms with Gasteiger partial charge in [-0.25, -0.2) is 4.39 Å². The van der Waals surface area contributed by atoms with E-state index in [1.807, 2.05) is 60.7 Å². The molecule has 0 saturated carbocycles. The second kappa shape index (κ2) is 7.96. The largest absolute Gasteiger partial charge is 0.277 e. The Labute approximate surface area is 150 Å². The molecule has 0 heterocycles. The normalized spacial score (nSPS) is 10.5. The van der Waals surface area contributed by atoms with Gasteiger partial charge in [0.15, 0.2) is 0 Å². The van der Waals surface area contributed by atoms with E-state index in [0.29, 0.717) is 16.7 Å². The quantitative estimate of drug-likeness (QED) is 0.515. The molecule has 0 radical (unpaired) electrons. The molecule has 1 amide bonds. The molecule has 2 N–H and O–H groups in total. The molecule has 126 valence electrons. The molecule has 0 bridgehead atoms. The minimum atomic E-state index is -0.341. The van der Waals surface area contributed by atoms with E-state index in [1.54, 1.807) is 13.0 Å². The number of carbonyl (C=O) groups is 1. The van der Waals surface area contributed by atoms with Crippen LogP contribution in [0, 0.1) is 12.7 Å². The van der Waals surface area contributed by atoms with Crippen molar-refractivity contribution in [2.45, 2.75) is 11.8 Å². The van der Waals surface area contributed by atoms with Crippen LogP contribution >= 0.6 is 11.9 Å². The van der Waals surface area contributed by atoms with Gasteiger partial charge in [-0.2, -0.15) is 4.83 Å². The number of rotatable bonds is 5. The van der Waals surface area contributed by atoms with Crippen molar-refractivity contribution in [3.8, 4) is 11.1 Å². The van der Waals surface area contributed by atoms with Crippen LogP contribution < -0.4 is 10.3 Å². The lowest BCUT2D eigenvalue weighted by Gasteiger charge is -2.11. The number of hydrazine groups is 1. The van der Waals surface area contributed by atoms with Crippen LogP contribution in [0.3, 0.4) is 0 Å². The predicted molar refractivity (Wildman–Crippen MR) is 99.5 cm³/mol. The monoisotopic (exact) mass is 352 g/mol. The summed E-state index contributed by atoms with van der Waals surface area (Å²) in [5, 5.41) is 0. The Morgan fingerprint density at radius 2 is 1.60 bits per heavy atom. The van der Waals surface area contributed by atoms with E-state index in [4.69, 9.17) is 0 Å². The van der Waals surface area contributed by atoms with Crippen LogP contribution in [0.25, 0.3) is 11.1 Å². The van der Waals surface area contributed by atoms with E-state index in [9.17, 15) is 9.18 Å². The van der Waals surface area contributed by atoms with Crippen LogP contribution in [-0.4, -0.2) is 5.91 Å². The van der Waals surface area contributed by atoms with Crippen molar-refractivity contribution in [2.24, 2.45) is 0 Å². The van der Waals surface area contributed by atoms with Crippen molar-refractivity contribution < 1.29 is 9.18 Å². The van der Waals surface area contributed by atoms with Gasteiger partial charge in [0.2, 0.25) is 0 Å². The summed E-state index contributed by atoms with van der Waals surface area (Å²) < 4.78 is 14.3. The molecule has 0 aliphatic rings. The fourth-order valence-electron chi connectivity index (χ4n) is 2.44. The van der Waals surface area contributed by atoms with Crippen molar-refractivity contribution in [1.29, 1.82) is 0 Å². The first kappa shape index (κ1) is 17.2. The molecular weight excluding hydrogens is 335 g/mol. The fourth-order valence-corrected chi connectivity index (χ4v) is 3.00. The van der Waals surface area contributed by atoms with E-state index >= 15 is 0 Å². The Hall–Kier alpha value is -2.63. The maximum Gasteiger partial charge on any atom is 0.266 e. The van der Waals surface area contributed by atoms with E-state index in [-0.39, 0.29) is 11.7 Å². The number of amides is 1. The van der Waals surface area contributed by atoms with Gasteiger partial charge < -0.3 is 0 Å². The summed E-state index contributed by atoms with van der Waals surface area (Å²) >= 11 is 1.30. The lowest BCUT2D eigenvalue weighted by Crippen LogP contribution is -2.33. The molecule has 0 atom stereocenters. The Balaban J connectivity index is 1.76. The first-order valence-corrected chi connectivity index (χ1v) is 8.59. The van der Waals surface area contributed by atoms with E-state index in [0.717, 1.165) is 10.5 Å². The highest BCUT2D eigenvalue weighted by Gasteiger charge is 2.14. The third-order valence-electron chi connectivity index (χ3n) is 3.72. The standard InChI is InChI=1S/C20H17FN2OS/c1-14-12-19(21)18(15-8-4-2-5-9-15)13-17(14)20(24)22-23-25-16-10-6-3-7-11-16/h2-13,23H,1H3,(H,22,24). The van der Waals surface area contributed by atoms with Gasteiger partial charge in [0.05, 0.1) is 0 Å². The first-order valence-electron chi connectivity index (χ1n) is 7.78. The van der Waals surface area contributed by atoms with Crippen LogP contribution in [0.5, 0.6) is 0 Å². The number of hydrogen-bond donors (Lipinski definition) is 2. The van der Waals surface area contributed by atoms with E-state index < -0.39 is 0 Å². The van der Waals surface area contributed by atoms with Gasteiger partial charge in [-0.3, -0.25) is 10.2 Å². The van der Waals surface area contributed by atoms with Gasteiger partial charge in [0, 0.05) is 16.0 Å². The number of aryl methyl sites for hydroxylation is 1. The Morgan fingerprint density at radius 3 is 2.28 bits per heavy atom. The van der Waals surface area contributed by atoms with Crippen LogP contribution in [0.1, 0.15) is 15.9 Å². The lowest BCUT2D eigenvalue weighted by atomic mass is 9.99. The number of halogens is 1. The third kappa shape index (κ3) is 4.26. The lowest BCUT2D eigenvalue weighted by molar-refractivity contribution is 0.0946. The predicted octanol–water partition coefficient (Wildman–Crippen LogP) is 4.74. The topological polar surface area (TPSA) is 41.1 Å². The van der Waals surface area contributed by atoms with Gasteiger partial charge in [-0.1, -0.05) is 48.5 Å². The Bertz CT molecular complexity index is 870. The third-order valence-corrected chi connectivity index (χ3v) is 4.43. The van der Waals surface area contributed by atoms with Crippen molar-refractivity contribution >= 4 is 17.9 Å². The highest BCUT2D eigenvalue weighted by atomic mass is 32.2. The molecule has 3 aromatic carbocycles. The highest BCUT2D eigenvalue weighted by molar-refractivity contribution is 7.97.